The molecule has 6 nitrogen and oxygen atoms in total. The average molecular weight is 697 g/mol. The quantitative estimate of drug-likeness (QED) is 0.194. The molecule has 0 heterocycles. The van der Waals surface area contributed by atoms with Gasteiger partial charge in [0.05, 0.1) is 0 Å². The molecule has 244 valence electrons. The van der Waals surface area contributed by atoms with Crippen LogP contribution in [0, 0.1) is 0 Å². The highest BCUT2D eigenvalue weighted by atomic mass is 28.5. The van der Waals surface area contributed by atoms with Gasteiger partial charge in [0.2, 0.25) is 0 Å². The zero-order chi connectivity index (χ0) is 26.3. The van der Waals surface area contributed by atoms with Crippen LogP contribution in [-0.2, 0) is 24.7 Å². The minimum Gasteiger partial charge on any atom is -0.420 e. The van der Waals surface area contributed by atoms with E-state index in [-0.39, 0.29) is 44.6 Å². The first-order valence-corrected chi connectivity index (χ1v) is 29.9. The first-order valence-electron chi connectivity index (χ1n) is 12.5. The van der Waals surface area contributed by atoms with Crippen LogP contribution in [0.4, 0.5) is 0 Å². The molecule has 0 aliphatic rings. The van der Waals surface area contributed by atoms with E-state index < -0.39 is 62.3 Å². The van der Waals surface area contributed by atoms with E-state index >= 15 is 0 Å². The van der Waals surface area contributed by atoms with Gasteiger partial charge in [-0.25, -0.2) is 0 Å². The van der Waals surface area contributed by atoms with Gasteiger partial charge in [-0.3, -0.25) is 0 Å². The molecule has 0 saturated heterocycles. The highest BCUT2D eigenvalue weighted by molar-refractivity contribution is 7.01. The van der Waals surface area contributed by atoms with Gasteiger partial charge in [-0.2, -0.15) is 0 Å². The van der Waals surface area contributed by atoms with Gasteiger partial charge >= 0.3 is 26.2 Å². The lowest BCUT2D eigenvalue weighted by Crippen LogP contribution is -2.73. The van der Waals surface area contributed by atoms with Crippen LogP contribution < -0.4 is 10.4 Å². The summed E-state index contributed by atoms with van der Waals surface area (Å²) in [5.41, 5.74) is 0. The van der Waals surface area contributed by atoms with Crippen LogP contribution in [0.5, 0.6) is 0 Å². The second kappa shape index (κ2) is 22.3. The van der Waals surface area contributed by atoms with E-state index in [1.54, 1.807) is 0 Å². The Morgan fingerprint density at radius 3 is 0.829 bits per heavy atom. The van der Waals surface area contributed by atoms with Crippen LogP contribution in [0.15, 0.2) is 60.7 Å². The van der Waals surface area contributed by atoms with Gasteiger partial charge in [0.15, 0.2) is 36.2 Å². The van der Waals surface area contributed by atoms with Crippen LogP contribution in [0.3, 0.4) is 0 Å². The second-order valence-electron chi connectivity index (χ2n) is 9.94. The summed E-state index contributed by atoms with van der Waals surface area (Å²) >= 11 is 0. The fourth-order valence-corrected chi connectivity index (χ4v) is 30.0. The van der Waals surface area contributed by atoms with E-state index in [0.717, 1.165) is 10.4 Å². The molecule has 2 aromatic carbocycles. The number of benzene rings is 2. The molecule has 0 aliphatic heterocycles. The fraction of sp³-hybridized carbons (Fsp3) is 0.571. The molecule has 2 rings (SSSR count). The molecule has 0 radical (unpaired) electrons. The summed E-state index contributed by atoms with van der Waals surface area (Å²) in [6.07, 6.45) is 0. The lowest BCUT2D eigenvalue weighted by molar-refractivity contribution is 0.214. The molecular formula is C28H68O6Si7. The summed E-state index contributed by atoms with van der Waals surface area (Å²) in [7, 11) is -15.4. The van der Waals surface area contributed by atoms with Crippen molar-refractivity contribution in [3.63, 3.8) is 0 Å². The van der Waals surface area contributed by atoms with E-state index in [1.807, 2.05) is 49.5 Å². The van der Waals surface area contributed by atoms with E-state index in [9.17, 15) is 0 Å². The molecule has 0 unspecified atom stereocenters. The monoisotopic (exact) mass is 696 g/mol. The lowest BCUT2D eigenvalue weighted by atomic mass is 10.4. The number of hydrogen-bond donors (Lipinski definition) is 0. The van der Waals surface area contributed by atoms with E-state index in [1.165, 1.54) is 0 Å². The van der Waals surface area contributed by atoms with Gasteiger partial charge in [-0.05, 0) is 62.7 Å². The van der Waals surface area contributed by atoms with Crippen molar-refractivity contribution in [1.82, 2.24) is 0 Å². The van der Waals surface area contributed by atoms with Crippen molar-refractivity contribution in [2.24, 2.45) is 0 Å². The van der Waals surface area contributed by atoms with Crippen LogP contribution in [-0.4, -0.2) is 62.3 Å². The third kappa shape index (κ3) is 15.8. The fourth-order valence-electron chi connectivity index (χ4n) is 4.12. The van der Waals surface area contributed by atoms with Crippen LogP contribution in [0.1, 0.15) is 44.6 Å². The first-order chi connectivity index (χ1) is 16.3. The van der Waals surface area contributed by atoms with Crippen molar-refractivity contribution in [3.05, 3.63) is 60.7 Å². The summed E-state index contributed by atoms with van der Waals surface area (Å²) in [6.45, 7) is 21.4. The van der Waals surface area contributed by atoms with Gasteiger partial charge in [-0.1, -0.05) is 105 Å². The minimum atomic E-state index is -3.37. The van der Waals surface area contributed by atoms with Crippen molar-refractivity contribution in [3.8, 4) is 0 Å². The van der Waals surface area contributed by atoms with Crippen LogP contribution in [0.25, 0.3) is 0 Å². The number of rotatable bonds is 14. The molecular weight excluding hydrogens is 629 g/mol. The summed E-state index contributed by atoms with van der Waals surface area (Å²) in [5.74, 6) is 0. The normalized spacial score (nSPS) is 11.5. The molecule has 2 aromatic rings. The van der Waals surface area contributed by atoms with Gasteiger partial charge in [0.25, 0.3) is 0 Å². The molecule has 0 bridgehead atoms. The average Bonchev–Trinajstić information content (AvgIpc) is 2.71. The van der Waals surface area contributed by atoms with Gasteiger partial charge in [-0.15, -0.1) is 0 Å². The molecule has 0 saturated carbocycles. The molecule has 0 aliphatic carbocycles. The SMILES string of the molecule is C.C.C.C.C.C.C[SiH](C)O[Si](C)(O[SiH](C)C)O[Si](O[Si](C)(O[SiH](C)C)O[SiH](C)C)(c1ccccc1)c1ccccc1. The second-order valence-corrected chi connectivity index (χ2v) is 29.6. The topological polar surface area (TPSA) is 55.4 Å². The summed E-state index contributed by atoms with van der Waals surface area (Å²) in [4.78, 5) is 0. The van der Waals surface area contributed by atoms with Gasteiger partial charge in [0.1, 0.15) is 0 Å². The molecule has 0 aromatic heterocycles. The third-order valence-corrected chi connectivity index (χ3v) is 26.6. The highest BCUT2D eigenvalue weighted by Gasteiger charge is 2.57. The van der Waals surface area contributed by atoms with E-state index in [4.69, 9.17) is 24.7 Å². The highest BCUT2D eigenvalue weighted by Crippen LogP contribution is 2.26. The lowest BCUT2D eigenvalue weighted by Gasteiger charge is -2.44. The summed E-state index contributed by atoms with van der Waals surface area (Å²) < 4.78 is 40.9. The van der Waals surface area contributed by atoms with Gasteiger partial charge < -0.3 is 24.7 Å². The number of hydrogen-bond acceptors (Lipinski definition) is 6. The molecule has 13 heteroatoms. The molecule has 41 heavy (non-hydrogen) atoms. The minimum absolute atomic E-state index is 0. The molecule has 0 amide bonds. The van der Waals surface area contributed by atoms with Crippen molar-refractivity contribution >= 4 is 72.7 Å². The van der Waals surface area contributed by atoms with Crippen LogP contribution >= 0.6 is 0 Å². The Balaban J connectivity index is -0.000000720. The van der Waals surface area contributed by atoms with Crippen molar-refractivity contribution in [1.29, 1.82) is 0 Å². The summed E-state index contributed by atoms with van der Waals surface area (Å²) in [5, 5.41) is 2.02. The Hall–Kier alpha value is -0.282. The Labute approximate surface area is 267 Å². The maximum atomic E-state index is 7.26. The van der Waals surface area contributed by atoms with Gasteiger partial charge in [0, 0.05) is 13.1 Å². The third-order valence-electron chi connectivity index (χ3n) is 4.77. The predicted molar refractivity (Wildman–Crippen MR) is 204 cm³/mol. The van der Waals surface area contributed by atoms with Crippen molar-refractivity contribution in [2.75, 3.05) is 0 Å². The van der Waals surface area contributed by atoms with E-state index in [0.29, 0.717) is 0 Å². The standard InChI is InChI=1S/C22H44O6Si7.6CH4/c1-29(2)23-33(9,24-30(3)4)27-35(21-17-13-11-14-18-21,22-19-15-12-16-20-22)28-34(10,25-31(5)6)26-32(7)8;;;;;;/h11-20,29-32H,1-10H3;6*1H4. The molecule has 0 atom stereocenters. The maximum Gasteiger partial charge on any atom is 0.467 e. The summed E-state index contributed by atoms with van der Waals surface area (Å²) in [6, 6.07) is 20.6. The molecule has 0 fully saturated rings. The smallest absolute Gasteiger partial charge is 0.420 e. The molecule has 0 N–H and O–H groups in total. The zero-order valence-electron chi connectivity index (χ0n) is 23.0. The first kappa shape index (κ1) is 50.3. The largest absolute Gasteiger partial charge is 0.467 e. The van der Waals surface area contributed by atoms with Crippen molar-refractivity contribution in [2.45, 2.75) is 110 Å². The Kier molecular flexibility index (Phi) is 27.3. The van der Waals surface area contributed by atoms with E-state index in [2.05, 4.69) is 76.6 Å². The predicted octanol–water partition coefficient (Wildman–Crippen LogP) is 7.23. The maximum absolute atomic E-state index is 7.26. The Bertz CT molecular complexity index is 797. The Morgan fingerprint density at radius 1 is 0.415 bits per heavy atom. The van der Waals surface area contributed by atoms with Crippen LogP contribution in [0.2, 0.25) is 65.5 Å². The van der Waals surface area contributed by atoms with Crippen molar-refractivity contribution < 1.29 is 24.7 Å². The zero-order valence-corrected chi connectivity index (χ0v) is 30.7. The Morgan fingerprint density at radius 2 is 0.634 bits per heavy atom. The molecule has 0 spiro atoms.